The van der Waals surface area contributed by atoms with Gasteiger partial charge < -0.3 is 4.90 Å². The Balaban J connectivity index is 1.31. The molecule has 0 N–H and O–H groups in total. The number of carbonyl (C=O) groups excluding carboxylic acids is 2. The lowest BCUT2D eigenvalue weighted by atomic mass is 9.99. The summed E-state index contributed by atoms with van der Waals surface area (Å²) in [5.41, 5.74) is 2.37. The Morgan fingerprint density at radius 1 is 1.03 bits per heavy atom. The highest BCUT2D eigenvalue weighted by atomic mass is 35.5. The van der Waals surface area contributed by atoms with E-state index in [2.05, 4.69) is 11.1 Å². The van der Waals surface area contributed by atoms with E-state index in [0.717, 1.165) is 12.0 Å². The van der Waals surface area contributed by atoms with Gasteiger partial charge in [0.15, 0.2) is 0 Å². The van der Waals surface area contributed by atoms with E-state index in [-0.39, 0.29) is 24.9 Å². The first-order valence-electron chi connectivity index (χ1n) is 9.87. The van der Waals surface area contributed by atoms with Crippen LogP contribution in [0.25, 0.3) is 5.57 Å². The molecular weight excluding hydrogens is 423 g/mol. The van der Waals surface area contributed by atoms with E-state index >= 15 is 0 Å². The first-order chi connectivity index (χ1) is 14.5. The maximum atomic E-state index is 12.7. The van der Waals surface area contributed by atoms with Gasteiger partial charge in [0.25, 0.3) is 0 Å². The minimum atomic E-state index is -0.0765. The molecule has 1 fully saturated rings. The van der Waals surface area contributed by atoms with Gasteiger partial charge >= 0.3 is 0 Å². The van der Waals surface area contributed by atoms with Gasteiger partial charge in [-0.2, -0.15) is 0 Å². The molecule has 2 aliphatic heterocycles. The summed E-state index contributed by atoms with van der Waals surface area (Å²) < 4.78 is 0. The summed E-state index contributed by atoms with van der Waals surface area (Å²) in [5.74, 6) is 0.519. The molecule has 1 aromatic heterocycles. The predicted octanol–water partition coefficient (Wildman–Crippen LogP) is 3.35. The van der Waals surface area contributed by atoms with Crippen LogP contribution >= 0.6 is 23.2 Å². The van der Waals surface area contributed by atoms with E-state index in [1.165, 1.54) is 5.57 Å². The molecule has 0 saturated carbocycles. The molecule has 0 spiro atoms. The van der Waals surface area contributed by atoms with Gasteiger partial charge in [0, 0.05) is 31.2 Å². The fraction of sp³-hybridized carbons (Fsp3) is 0.318. The first-order valence-corrected chi connectivity index (χ1v) is 10.6. The number of nitrogens with zero attached hydrogens (tertiary/aromatic N) is 4. The van der Waals surface area contributed by atoms with E-state index in [0.29, 0.717) is 42.2 Å². The number of piperazine rings is 1. The quantitative estimate of drug-likeness (QED) is 0.678. The highest BCUT2D eigenvalue weighted by Crippen LogP contribution is 2.24. The molecular formula is C22H22Cl2N4O2. The third-order valence-electron chi connectivity index (χ3n) is 5.41. The van der Waals surface area contributed by atoms with E-state index in [4.69, 9.17) is 23.2 Å². The number of carbonyl (C=O) groups is 2. The van der Waals surface area contributed by atoms with Crippen molar-refractivity contribution in [2.45, 2.75) is 6.42 Å². The van der Waals surface area contributed by atoms with Crippen molar-refractivity contribution in [1.82, 2.24) is 14.8 Å². The summed E-state index contributed by atoms with van der Waals surface area (Å²) >= 11 is 11.9. The van der Waals surface area contributed by atoms with Crippen LogP contribution in [0.3, 0.4) is 0 Å². The van der Waals surface area contributed by atoms with Gasteiger partial charge in [-0.15, -0.1) is 0 Å². The molecule has 0 unspecified atom stereocenters. The fourth-order valence-electron chi connectivity index (χ4n) is 3.76. The van der Waals surface area contributed by atoms with E-state index < -0.39 is 0 Å². The topological polar surface area (TPSA) is 56.8 Å². The summed E-state index contributed by atoms with van der Waals surface area (Å²) in [5, 5.41) is 1.07. The van der Waals surface area contributed by atoms with Crippen molar-refractivity contribution in [3.63, 3.8) is 0 Å². The molecule has 1 aromatic carbocycles. The number of hydrogen-bond acceptors (Lipinski definition) is 4. The maximum Gasteiger partial charge on any atom is 0.242 e. The predicted molar refractivity (Wildman–Crippen MR) is 119 cm³/mol. The summed E-state index contributed by atoms with van der Waals surface area (Å²) in [6, 6.07) is 13.0. The minimum Gasteiger partial charge on any atom is -0.338 e. The van der Waals surface area contributed by atoms with Gasteiger partial charge in [0.05, 0.1) is 13.1 Å². The van der Waals surface area contributed by atoms with Crippen molar-refractivity contribution in [2.24, 2.45) is 0 Å². The van der Waals surface area contributed by atoms with E-state index in [1.807, 2.05) is 34.1 Å². The van der Waals surface area contributed by atoms with Gasteiger partial charge in [0.2, 0.25) is 11.8 Å². The van der Waals surface area contributed by atoms with Crippen LogP contribution in [0.1, 0.15) is 12.0 Å². The van der Waals surface area contributed by atoms with Crippen molar-refractivity contribution in [2.75, 3.05) is 44.2 Å². The van der Waals surface area contributed by atoms with Crippen molar-refractivity contribution < 1.29 is 9.59 Å². The molecule has 0 atom stereocenters. The lowest BCUT2D eigenvalue weighted by Crippen LogP contribution is -2.53. The molecule has 6 nitrogen and oxygen atoms in total. The van der Waals surface area contributed by atoms with Crippen molar-refractivity contribution in [3.8, 4) is 0 Å². The van der Waals surface area contributed by atoms with Gasteiger partial charge in [0.1, 0.15) is 11.0 Å². The van der Waals surface area contributed by atoms with Crippen molar-refractivity contribution in [1.29, 1.82) is 0 Å². The lowest BCUT2D eigenvalue weighted by Gasteiger charge is -2.35. The number of rotatable bonds is 4. The number of amides is 2. The largest absolute Gasteiger partial charge is 0.338 e. The third kappa shape index (κ3) is 4.83. The SMILES string of the molecule is O=C(CN1CCN(c2cccc(Cl)n2)C(=O)C1)N1CC=C(c2ccc(Cl)cc2)CC1. The number of aromatic nitrogens is 1. The standard InChI is InChI=1S/C22H22Cl2N4O2/c23-18-6-4-16(5-7-18)17-8-10-27(11-9-17)21(29)14-26-12-13-28(22(30)15-26)20-3-1-2-19(24)25-20/h1-8H,9-15H2. The molecule has 0 radical (unpaired) electrons. The van der Waals surface area contributed by atoms with Crippen molar-refractivity contribution >= 4 is 46.4 Å². The Kier molecular flexibility index (Phi) is 6.37. The monoisotopic (exact) mass is 444 g/mol. The molecule has 156 valence electrons. The molecule has 3 heterocycles. The van der Waals surface area contributed by atoms with Crippen LogP contribution in [-0.2, 0) is 9.59 Å². The highest BCUT2D eigenvalue weighted by Gasteiger charge is 2.28. The summed E-state index contributed by atoms with van der Waals surface area (Å²) in [6.45, 7) is 2.79. The molecule has 2 aromatic rings. The zero-order valence-corrected chi connectivity index (χ0v) is 17.9. The van der Waals surface area contributed by atoms with Crippen molar-refractivity contribution in [3.05, 3.63) is 64.3 Å². The van der Waals surface area contributed by atoms with Gasteiger partial charge in [-0.25, -0.2) is 4.98 Å². The summed E-state index contributed by atoms with van der Waals surface area (Å²) in [4.78, 5) is 34.9. The van der Waals surface area contributed by atoms with Crippen LogP contribution in [0, 0.1) is 0 Å². The molecule has 0 bridgehead atoms. The zero-order chi connectivity index (χ0) is 21.1. The average Bonchev–Trinajstić information content (AvgIpc) is 2.74. The van der Waals surface area contributed by atoms with Crippen LogP contribution in [-0.4, -0.2) is 65.9 Å². The molecule has 30 heavy (non-hydrogen) atoms. The zero-order valence-electron chi connectivity index (χ0n) is 16.4. The minimum absolute atomic E-state index is 0.0449. The second-order valence-electron chi connectivity index (χ2n) is 7.40. The van der Waals surface area contributed by atoms with E-state index in [1.54, 1.807) is 23.1 Å². The number of pyridine rings is 1. The fourth-order valence-corrected chi connectivity index (χ4v) is 4.05. The van der Waals surface area contributed by atoms with Gasteiger partial charge in [-0.05, 0) is 41.8 Å². The van der Waals surface area contributed by atoms with Gasteiger partial charge in [-0.1, -0.05) is 47.5 Å². The molecule has 0 aliphatic carbocycles. The lowest BCUT2D eigenvalue weighted by molar-refractivity contribution is -0.133. The molecule has 2 aliphatic rings. The second kappa shape index (κ2) is 9.16. The van der Waals surface area contributed by atoms with Crippen LogP contribution in [0.5, 0.6) is 0 Å². The Bertz CT molecular complexity index is 977. The third-order valence-corrected chi connectivity index (χ3v) is 5.87. The van der Waals surface area contributed by atoms with Crippen LogP contribution in [0.4, 0.5) is 5.82 Å². The van der Waals surface area contributed by atoms with Gasteiger partial charge in [-0.3, -0.25) is 19.4 Å². The smallest absolute Gasteiger partial charge is 0.242 e. The normalized spacial score (nSPS) is 17.8. The van der Waals surface area contributed by atoms with Crippen LogP contribution in [0.15, 0.2) is 48.5 Å². The maximum absolute atomic E-state index is 12.7. The second-order valence-corrected chi connectivity index (χ2v) is 8.22. The number of halogens is 2. The average molecular weight is 445 g/mol. The molecule has 4 rings (SSSR count). The highest BCUT2D eigenvalue weighted by molar-refractivity contribution is 6.30. The Labute approximate surface area is 185 Å². The number of benzene rings is 1. The summed E-state index contributed by atoms with van der Waals surface area (Å²) in [6.07, 6.45) is 2.90. The Morgan fingerprint density at radius 2 is 1.83 bits per heavy atom. The molecule has 8 heteroatoms. The molecule has 1 saturated heterocycles. The Morgan fingerprint density at radius 3 is 2.50 bits per heavy atom. The number of hydrogen-bond donors (Lipinski definition) is 0. The number of anilines is 1. The summed E-state index contributed by atoms with van der Waals surface area (Å²) in [7, 11) is 0. The molecule has 2 amide bonds. The van der Waals surface area contributed by atoms with Crippen LogP contribution in [0.2, 0.25) is 10.2 Å². The first kappa shape index (κ1) is 20.8. The van der Waals surface area contributed by atoms with Crippen LogP contribution < -0.4 is 4.90 Å². The Hall–Kier alpha value is -2.41. The van der Waals surface area contributed by atoms with E-state index in [9.17, 15) is 9.59 Å².